The summed E-state index contributed by atoms with van der Waals surface area (Å²) in [5, 5.41) is 4.77. The number of fused-ring (bicyclic) bond motifs is 3. The van der Waals surface area contributed by atoms with E-state index in [1.54, 1.807) is 32.0 Å². The fraction of sp³-hybridized carbons (Fsp3) is 0.125. The highest BCUT2D eigenvalue weighted by molar-refractivity contribution is 6.37. The third kappa shape index (κ3) is 3.08. The number of ether oxygens (including phenoxy) is 1. The molecule has 0 radical (unpaired) electrons. The van der Waals surface area contributed by atoms with Gasteiger partial charge in [0.1, 0.15) is 11.5 Å². The number of aromatic nitrogens is 3. The smallest absolute Gasteiger partial charge is 0.338 e. The molecule has 0 fully saturated rings. The van der Waals surface area contributed by atoms with Gasteiger partial charge in [-0.2, -0.15) is 5.10 Å². The van der Waals surface area contributed by atoms with Gasteiger partial charge < -0.3 is 4.74 Å². The molecule has 0 atom stereocenters. The second kappa shape index (κ2) is 7.63. The molecule has 0 aliphatic carbocycles. The van der Waals surface area contributed by atoms with Crippen LogP contribution in [0.25, 0.3) is 16.7 Å². The Kier molecular flexibility index (Phi) is 4.74. The van der Waals surface area contributed by atoms with Crippen molar-refractivity contribution in [3.63, 3.8) is 0 Å². The van der Waals surface area contributed by atoms with Gasteiger partial charge in [0.15, 0.2) is 5.65 Å². The van der Waals surface area contributed by atoms with Crippen molar-refractivity contribution in [3.05, 3.63) is 82.9 Å². The molecule has 1 aliphatic rings. The summed E-state index contributed by atoms with van der Waals surface area (Å²) in [5.41, 5.74) is 1.82. The second-order valence-electron chi connectivity index (χ2n) is 7.41. The summed E-state index contributed by atoms with van der Waals surface area (Å²) >= 11 is 0. The highest BCUT2D eigenvalue weighted by atomic mass is 19.1. The number of esters is 1. The number of imide groups is 1. The molecule has 2 amide bonds. The minimum absolute atomic E-state index is 0.137. The predicted molar refractivity (Wildman–Crippen MR) is 117 cm³/mol. The van der Waals surface area contributed by atoms with Crippen LogP contribution in [0.4, 0.5) is 10.1 Å². The predicted octanol–water partition coefficient (Wildman–Crippen LogP) is 3.85. The van der Waals surface area contributed by atoms with Crippen LogP contribution in [0, 0.1) is 12.7 Å². The van der Waals surface area contributed by atoms with Crippen molar-refractivity contribution in [2.24, 2.45) is 0 Å². The molecule has 33 heavy (non-hydrogen) atoms. The van der Waals surface area contributed by atoms with Crippen LogP contribution in [0.1, 0.15) is 43.7 Å². The maximum Gasteiger partial charge on any atom is 0.338 e. The molecule has 1 aliphatic heterocycles. The van der Waals surface area contributed by atoms with E-state index >= 15 is 0 Å². The van der Waals surface area contributed by atoms with Gasteiger partial charge in [-0.15, -0.1) is 0 Å². The van der Waals surface area contributed by atoms with E-state index in [4.69, 9.17) is 4.74 Å². The molecular formula is C24H17FN4O4. The zero-order valence-corrected chi connectivity index (χ0v) is 17.7. The van der Waals surface area contributed by atoms with Crippen molar-refractivity contribution in [2.45, 2.75) is 13.8 Å². The highest BCUT2D eigenvalue weighted by Gasteiger charge is 2.40. The summed E-state index contributed by atoms with van der Waals surface area (Å²) in [6.07, 6.45) is 1.31. The average molecular weight is 444 g/mol. The van der Waals surface area contributed by atoms with E-state index < -0.39 is 23.6 Å². The molecule has 0 bridgehead atoms. The van der Waals surface area contributed by atoms with Gasteiger partial charge in [0.2, 0.25) is 0 Å². The molecule has 0 saturated heterocycles. The first kappa shape index (κ1) is 20.5. The quantitative estimate of drug-likeness (QED) is 0.351. The van der Waals surface area contributed by atoms with Crippen molar-refractivity contribution < 1.29 is 23.5 Å². The molecular weight excluding hydrogens is 427 g/mol. The molecule has 0 unspecified atom stereocenters. The number of rotatable bonds is 4. The fourth-order valence-corrected chi connectivity index (χ4v) is 3.95. The van der Waals surface area contributed by atoms with Gasteiger partial charge in [0, 0.05) is 6.20 Å². The number of halogens is 1. The summed E-state index contributed by atoms with van der Waals surface area (Å²) in [6.45, 7) is 3.62. The first-order chi connectivity index (χ1) is 15.9. The molecule has 2 aromatic carbocycles. The molecule has 0 spiro atoms. The number of aryl methyl sites for hydroxylation is 1. The number of anilines is 1. The average Bonchev–Trinajstić information content (AvgIpc) is 3.28. The second-order valence-corrected chi connectivity index (χ2v) is 7.41. The molecule has 4 aromatic rings. The lowest BCUT2D eigenvalue weighted by atomic mass is 10.1. The number of para-hydroxylation sites is 1. The number of hydrogen-bond donors (Lipinski definition) is 0. The van der Waals surface area contributed by atoms with Crippen LogP contribution < -0.4 is 4.90 Å². The largest absolute Gasteiger partial charge is 0.462 e. The molecule has 164 valence electrons. The minimum Gasteiger partial charge on any atom is -0.462 e. The van der Waals surface area contributed by atoms with Crippen molar-refractivity contribution in [2.75, 3.05) is 11.5 Å². The van der Waals surface area contributed by atoms with E-state index in [9.17, 15) is 18.8 Å². The van der Waals surface area contributed by atoms with E-state index in [-0.39, 0.29) is 29.1 Å². The molecule has 8 nitrogen and oxygen atoms in total. The van der Waals surface area contributed by atoms with Crippen molar-refractivity contribution in [3.8, 4) is 5.69 Å². The Morgan fingerprint density at radius 1 is 1.06 bits per heavy atom. The van der Waals surface area contributed by atoms with E-state index in [1.807, 2.05) is 0 Å². The van der Waals surface area contributed by atoms with E-state index in [1.165, 1.54) is 41.2 Å². The fourth-order valence-electron chi connectivity index (χ4n) is 3.95. The third-order valence-corrected chi connectivity index (χ3v) is 5.44. The number of carbonyl (C=O) groups excluding carboxylic acids is 3. The molecule has 0 N–H and O–H groups in total. The van der Waals surface area contributed by atoms with E-state index in [2.05, 4.69) is 10.1 Å². The van der Waals surface area contributed by atoms with Crippen LogP contribution >= 0.6 is 0 Å². The lowest BCUT2D eigenvalue weighted by molar-refractivity contribution is 0.0526. The number of hydrogen-bond acceptors (Lipinski definition) is 6. The van der Waals surface area contributed by atoms with Crippen LogP contribution in [0.2, 0.25) is 0 Å². The van der Waals surface area contributed by atoms with Crippen LogP contribution in [-0.4, -0.2) is 39.2 Å². The SMILES string of the molecule is CCOC(=O)c1ccc(N2C(=O)c3cnc4c(c(C)nn4-c4ccccc4F)c3C2=O)cc1. The Morgan fingerprint density at radius 3 is 2.48 bits per heavy atom. The van der Waals surface area contributed by atoms with Gasteiger partial charge in [-0.05, 0) is 50.2 Å². The van der Waals surface area contributed by atoms with Gasteiger partial charge in [-0.3, -0.25) is 9.59 Å². The van der Waals surface area contributed by atoms with Gasteiger partial charge in [0.25, 0.3) is 11.8 Å². The normalized spacial score (nSPS) is 13.0. The molecule has 0 saturated carbocycles. The van der Waals surface area contributed by atoms with Crippen molar-refractivity contribution in [1.82, 2.24) is 14.8 Å². The minimum atomic E-state index is -0.539. The topological polar surface area (TPSA) is 94.4 Å². The summed E-state index contributed by atoms with van der Waals surface area (Å²) < 4.78 is 20.7. The summed E-state index contributed by atoms with van der Waals surface area (Å²) in [4.78, 5) is 43.7. The first-order valence-electron chi connectivity index (χ1n) is 10.2. The van der Waals surface area contributed by atoms with Crippen LogP contribution in [0.5, 0.6) is 0 Å². The Labute approximate surface area is 187 Å². The monoisotopic (exact) mass is 444 g/mol. The maximum absolute atomic E-state index is 14.4. The summed E-state index contributed by atoms with van der Waals surface area (Å²) in [5.74, 6) is -2.06. The number of benzene rings is 2. The Morgan fingerprint density at radius 2 is 1.79 bits per heavy atom. The Bertz CT molecular complexity index is 1460. The Hall–Kier alpha value is -4.40. The van der Waals surface area contributed by atoms with Crippen LogP contribution in [0.3, 0.4) is 0 Å². The molecule has 3 heterocycles. The van der Waals surface area contributed by atoms with Gasteiger partial charge in [-0.1, -0.05) is 12.1 Å². The molecule has 9 heteroatoms. The summed E-state index contributed by atoms with van der Waals surface area (Å²) in [7, 11) is 0. The molecule has 2 aromatic heterocycles. The van der Waals surface area contributed by atoms with Crippen LogP contribution in [0.15, 0.2) is 54.7 Å². The first-order valence-corrected chi connectivity index (χ1v) is 10.2. The van der Waals surface area contributed by atoms with Crippen molar-refractivity contribution in [1.29, 1.82) is 0 Å². The van der Waals surface area contributed by atoms with Gasteiger partial charge >= 0.3 is 5.97 Å². The Balaban J connectivity index is 1.60. The van der Waals surface area contributed by atoms with Gasteiger partial charge in [-0.25, -0.2) is 23.8 Å². The summed E-state index contributed by atoms with van der Waals surface area (Å²) in [6, 6.07) is 12.1. The van der Waals surface area contributed by atoms with Gasteiger partial charge in [0.05, 0.1) is 40.1 Å². The molecule has 5 rings (SSSR count). The van der Waals surface area contributed by atoms with Crippen LogP contribution in [-0.2, 0) is 4.74 Å². The van der Waals surface area contributed by atoms with E-state index in [0.29, 0.717) is 22.3 Å². The number of pyridine rings is 1. The zero-order valence-electron chi connectivity index (χ0n) is 17.7. The number of nitrogens with zero attached hydrogens (tertiary/aromatic N) is 4. The standard InChI is InChI=1S/C24H17FN4O4/c1-3-33-24(32)14-8-10-15(11-9-14)28-22(30)16-12-26-21-19(20(16)23(28)31)13(2)27-29(21)18-7-5-4-6-17(18)25/h4-12H,3H2,1-2H3. The lowest BCUT2D eigenvalue weighted by Gasteiger charge is -2.14. The zero-order chi connectivity index (χ0) is 23.3. The van der Waals surface area contributed by atoms with E-state index in [0.717, 1.165) is 4.90 Å². The number of carbonyl (C=O) groups is 3. The van der Waals surface area contributed by atoms with Crippen molar-refractivity contribution >= 4 is 34.5 Å². The highest BCUT2D eigenvalue weighted by Crippen LogP contribution is 2.34. The lowest BCUT2D eigenvalue weighted by Crippen LogP contribution is -2.29. The maximum atomic E-state index is 14.4. The third-order valence-electron chi connectivity index (χ3n) is 5.44. The number of amides is 2.